The quantitative estimate of drug-likeness (QED) is 0.832. The summed E-state index contributed by atoms with van der Waals surface area (Å²) in [7, 11) is 2.05. The number of hydrogen-bond donors (Lipinski definition) is 1. The van der Waals surface area contributed by atoms with Crippen molar-refractivity contribution in [1.82, 2.24) is 0 Å². The van der Waals surface area contributed by atoms with Crippen LogP contribution in [-0.4, -0.2) is 7.05 Å². The van der Waals surface area contributed by atoms with Gasteiger partial charge in [0.05, 0.1) is 11.4 Å². The number of halogens is 1. The highest BCUT2D eigenvalue weighted by atomic mass is 79.9. The molecule has 0 atom stereocenters. The SMILES string of the molecule is Cc1ccc(Br)cc1N(C)c1c(C)cccc1N. The molecule has 0 radical (unpaired) electrons. The van der Waals surface area contributed by atoms with Crippen molar-refractivity contribution in [1.29, 1.82) is 0 Å². The van der Waals surface area contributed by atoms with Gasteiger partial charge in [0.1, 0.15) is 0 Å². The lowest BCUT2D eigenvalue weighted by molar-refractivity contribution is 1.17. The standard InChI is InChI=1S/C15H17BrN2/c1-10-7-8-12(16)9-14(10)18(3)15-11(2)5-4-6-13(15)17/h4-9H,17H2,1-3H3. The van der Waals surface area contributed by atoms with Gasteiger partial charge in [0.25, 0.3) is 0 Å². The van der Waals surface area contributed by atoms with Crippen LogP contribution >= 0.6 is 15.9 Å². The fourth-order valence-corrected chi connectivity index (χ4v) is 2.55. The third-order valence-corrected chi connectivity index (χ3v) is 3.63. The summed E-state index contributed by atoms with van der Waals surface area (Å²) in [4.78, 5) is 2.14. The Labute approximate surface area is 117 Å². The fourth-order valence-electron chi connectivity index (χ4n) is 2.20. The van der Waals surface area contributed by atoms with Crippen molar-refractivity contribution >= 4 is 33.0 Å². The van der Waals surface area contributed by atoms with Crippen LogP contribution < -0.4 is 10.6 Å². The number of aryl methyl sites for hydroxylation is 2. The van der Waals surface area contributed by atoms with E-state index in [1.54, 1.807) is 0 Å². The molecule has 0 amide bonds. The van der Waals surface area contributed by atoms with Crippen molar-refractivity contribution < 1.29 is 0 Å². The molecule has 0 aliphatic carbocycles. The first-order chi connectivity index (χ1) is 8.50. The topological polar surface area (TPSA) is 29.3 Å². The average Bonchev–Trinajstić information content (AvgIpc) is 2.32. The molecule has 2 N–H and O–H groups in total. The Balaban J connectivity index is 2.54. The van der Waals surface area contributed by atoms with Gasteiger partial charge in [-0.25, -0.2) is 0 Å². The average molecular weight is 305 g/mol. The van der Waals surface area contributed by atoms with E-state index in [-0.39, 0.29) is 0 Å². The first-order valence-electron chi connectivity index (χ1n) is 5.85. The van der Waals surface area contributed by atoms with Crippen LogP contribution in [0.1, 0.15) is 11.1 Å². The monoisotopic (exact) mass is 304 g/mol. The van der Waals surface area contributed by atoms with Gasteiger partial charge in [-0.05, 0) is 43.2 Å². The lowest BCUT2D eigenvalue weighted by Crippen LogP contribution is -2.14. The van der Waals surface area contributed by atoms with Gasteiger partial charge < -0.3 is 10.6 Å². The summed E-state index contributed by atoms with van der Waals surface area (Å²) in [6.07, 6.45) is 0. The largest absolute Gasteiger partial charge is 0.397 e. The molecule has 0 saturated carbocycles. The molecular weight excluding hydrogens is 288 g/mol. The van der Waals surface area contributed by atoms with E-state index in [2.05, 4.69) is 52.9 Å². The third-order valence-electron chi connectivity index (χ3n) is 3.14. The van der Waals surface area contributed by atoms with Crippen molar-refractivity contribution in [2.75, 3.05) is 17.7 Å². The van der Waals surface area contributed by atoms with E-state index in [9.17, 15) is 0 Å². The number of nitrogen functional groups attached to an aromatic ring is 1. The second-order valence-electron chi connectivity index (χ2n) is 4.50. The normalized spacial score (nSPS) is 10.4. The number of para-hydroxylation sites is 1. The first kappa shape index (κ1) is 13.0. The number of anilines is 3. The molecule has 18 heavy (non-hydrogen) atoms. The predicted molar refractivity (Wildman–Crippen MR) is 82.5 cm³/mol. The Morgan fingerprint density at radius 2 is 1.78 bits per heavy atom. The smallest absolute Gasteiger partial charge is 0.0671 e. The minimum absolute atomic E-state index is 0.803. The summed E-state index contributed by atoms with van der Waals surface area (Å²) < 4.78 is 1.07. The molecule has 3 heteroatoms. The van der Waals surface area contributed by atoms with Crippen LogP contribution in [0.3, 0.4) is 0 Å². The fraction of sp³-hybridized carbons (Fsp3) is 0.200. The maximum absolute atomic E-state index is 6.09. The van der Waals surface area contributed by atoms with E-state index in [1.807, 2.05) is 25.2 Å². The molecule has 0 aromatic heterocycles. The van der Waals surface area contributed by atoms with Crippen LogP contribution in [0.15, 0.2) is 40.9 Å². The van der Waals surface area contributed by atoms with E-state index < -0.39 is 0 Å². The van der Waals surface area contributed by atoms with Gasteiger partial charge in [0.2, 0.25) is 0 Å². The summed E-state index contributed by atoms with van der Waals surface area (Å²) in [6.45, 7) is 4.18. The molecule has 2 aromatic carbocycles. The molecule has 2 nitrogen and oxygen atoms in total. The van der Waals surface area contributed by atoms with Crippen molar-refractivity contribution in [3.63, 3.8) is 0 Å². The Morgan fingerprint density at radius 1 is 1.06 bits per heavy atom. The maximum atomic E-state index is 6.09. The Kier molecular flexibility index (Phi) is 3.62. The number of rotatable bonds is 2. The lowest BCUT2D eigenvalue weighted by atomic mass is 10.1. The first-order valence-corrected chi connectivity index (χ1v) is 6.65. The highest BCUT2D eigenvalue weighted by Gasteiger charge is 2.12. The molecule has 0 heterocycles. The highest BCUT2D eigenvalue weighted by Crippen LogP contribution is 2.34. The Bertz CT molecular complexity index is 558. The molecule has 0 fully saturated rings. The maximum Gasteiger partial charge on any atom is 0.0671 e. The molecule has 2 rings (SSSR count). The van der Waals surface area contributed by atoms with Crippen LogP contribution in [0.5, 0.6) is 0 Å². The van der Waals surface area contributed by atoms with Crippen LogP contribution in [0.2, 0.25) is 0 Å². The second kappa shape index (κ2) is 5.02. The van der Waals surface area contributed by atoms with Crippen molar-refractivity contribution in [3.8, 4) is 0 Å². The molecular formula is C15H17BrN2. The van der Waals surface area contributed by atoms with Gasteiger partial charge in [-0.2, -0.15) is 0 Å². The van der Waals surface area contributed by atoms with Crippen LogP contribution in [-0.2, 0) is 0 Å². The number of benzene rings is 2. The summed E-state index contributed by atoms with van der Waals surface area (Å²) in [5.41, 5.74) is 11.5. The van der Waals surface area contributed by atoms with Crippen molar-refractivity contribution in [2.45, 2.75) is 13.8 Å². The lowest BCUT2D eigenvalue weighted by Gasteiger charge is -2.25. The number of nitrogens with two attached hydrogens (primary N) is 1. The zero-order valence-electron chi connectivity index (χ0n) is 10.9. The molecule has 0 spiro atoms. The summed E-state index contributed by atoms with van der Waals surface area (Å²) in [6, 6.07) is 12.3. The summed E-state index contributed by atoms with van der Waals surface area (Å²) in [5, 5.41) is 0. The molecule has 2 aromatic rings. The number of nitrogens with zero attached hydrogens (tertiary/aromatic N) is 1. The summed E-state index contributed by atoms with van der Waals surface area (Å²) in [5.74, 6) is 0. The van der Waals surface area contributed by atoms with Crippen molar-refractivity contribution in [2.24, 2.45) is 0 Å². The van der Waals surface area contributed by atoms with Crippen LogP contribution in [0, 0.1) is 13.8 Å². The van der Waals surface area contributed by atoms with Crippen molar-refractivity contribution in [3.05, 3.63) is 52.0 Å². The predicted octanol–water partition coefficient (Wildman–Crippen LogP) is 4.42. The molecule has 0 saturated heterocycles. The molecule has 0 bridgehead atoms. The van der Waals surface area contributed by atoms with Gasteiger partial charge >= 0.3 is 0 Å². The van der Waals surface area contributed by atoms with Gasteiger partial charge in [0.15, 0.2) is 0 Å². The minimum Gasteiger partial charge on any atom is -0.397 e. The zero-order chi connectivity index (χ0) is 13.3. The number of hydrogen-bond acceptors (Lipinski definition) is 2. The van der Waals surface area contributed by atoms with E-state index in [4.69, 9.17) is 5.73 Å². The highest BCUT2D eigenvalue weighted by molar-refractivity contribution is 9.10. The Hall–Kier alpha value is -1.48. The van der Waals surface area contributed by atoms with E-state index in [0.29, 0.717) is 0 Å². The van der Waals surface area contributed by atoms with Gasteiger partial charge in [-0.3, -0.25) is 0 Å². The van der Waals surface area contributed by atoms with Gasteiger partial charge in [-0.1, -0.05) is 34.1 Å². The molecule has 94 valence electrons. The molecule has 0 unspecified atom stereocenters. The van der Waals surface area contributed by atoms with Gasteiger partial charge in [0, 0.05) is 17.2 Å². The van der Waals surface area contributed by atoms with E-state index >= 15 is 0 Å². The third kappa shape index (κ3) is 2.36. The zero-order valence-corrected chi connectivity index (χ0v) is 12.5. The summed E-state index contributed by atoms with van der Waals surface area (Å²) >= 11 is 3.52. The molecule has 0 aliphatic heterocycles. The van der Waals surface area contributed by atoms with E-state index in [1.165, 1.54) is 11.1 Å². The Morgan fingerprint density at radius 3 is 2.44 bits per heavy atom. The molecule has 0 aliphatic rings. The van der Waals surface area contributed by atoms with E-state index in [0.717, 1.165) is 21.5 Å². The van der Waals surface area contributed by atoms with Crippen LogP contribution in [0.4, 0.5) is 17.1 Å². The second-order valence-corrected chi connectivity index (χ2v) is 5.42. The van der Waals surface area contributed by atoms with Gasteiger partial charge in [-0.15, -0.1) is 0 Å². The van der Waals surface area contributed by atoms with Crippen LogP contribution in [0.25, 0.3) is 0 Å². The minimum atomic E-state index is 0.803.